The molecule has 1 fully saturated rings. The Balaban J connectivity index is 2.00. The van der Waals surface area contributed by atoms with Crippen molar-refractivity contribution in [2.24, 2.45) is 0 Å². The summed E-state index contributed by atoms with van der Waals surface area (Å²) in [7, 11) is 0. The van der Waals surface area contributed by atoms with E-state index >= 15 is 0 Å². The molecule has 1 aromatic heterocycles. The highest BCUT2D eigenvalue weighted by Crippen LogP contribution is 2.26. The van der Waals surface area contributed by atoms with Gasteiger partial charge in [-0.25, -0.2) is 4.98 Å². The quantitative estimate of drug-likeness (QED) is 0.893. The van der Waals surface area contributed by atoms with Crippen LogP contribution in [0.5, 0.6) is 0 Å². The van der Waals surface area contributed by atoms with E-state index in [1.807, 2.05) is 17.5 Å². The molecule has 0 saturated carbocycles. The van der Waals surface area contributed by atoms with E-state index < -0.39 is 0 Å². The summed E-state index contributed by atoms with van der Waals surface area (Å²) in [6, 6.07) is 1.12. The molecule has 0 amide bonds. The lowest BCUT2D eigenvalue weighted by molar-refractivity contribution is 0.151. The number of aryl methyl sites for hydroxylation is 1. The van der Waals surface area contributed by atoms with Crippen LogP contribution in [0.15, 0.2) is 6.20 Å². The minimum atomic E-state index is 0.469. The number of rotatable bonds is 4. The molecule has 2 unspecified atom stereocenters. The van der Waals surface area contributed by atoms with Crippen LogP contribution in [0.25, 0.3) is 0 Å². The Morgan fingerprint density at radius 3 is 3.06 bits per heavy atom. The van der Waals surface area contributed by atoms with E-state index in [0.29, 0.717) is 12.1 Å². The standard InChI is InChI=1S/C13H23N3S/c1-4-11-9-16(7-6-14-11)10(3)13-15-8-12(5-2)17-13/h8,10-11,14H,4-7,9H2,1-3H3. The zero-order valence-electron chi connectivity index (χ0n) is 11.1. The summed E-state index contributed by atoms with van der Waals surface area (Å²) >= 11 is 1.87. The molecule has 2 atom stereocenters. The first kappa shape index (κ1) is 13.0. The van der Waals surface area contributed by atoms with Gasteiger partial charge in [0.05, 0.1) is 6.04 Å². The highest BCUT2D eigenvalue weighted by atomic mass is 32.1. The summed E-state index contributed by atoms with van der Waals surface area (Å²) in [5.74, 6) is 0. The lowest BCUT2D eigenvalue weighted by atomic mass is 10.1. The number of aromatic nitrogens is 1. The van der Waals surface area contributed by atoms with Gasteiger partial charge < -0.3 is 5.32 Å². The van der Waals surface area contributed by atoms with Crippen molar-refractivity contribution >= 4 is 11.3 Å². The lowest BCUT2D eigenvalue weighted by Gasteiger charge is -2.36. The second-order valence-electron chi connectivity index (χ2n) is 4.75. The molecule has 1 N–H and O–H groups in total. The summed E-state index contributed by atoms with van der Waals surface area (Å²) in [6.45, 7) is 10.1. The van der Waals surface area contributed by atoms with Crippen LogP contribution in [-0.4, -0.2) is 35.6 Å². The topological polar surface area (TPSA) is 28.2 Å². The maximum atomic E-state index is 4.57. The molecule has 1 aliphatic rings. The minimum Gasteiger partial charge on any atom is -0.311 e. The van der Waals surface area contributed by atoms with Gasteiger partial charge in [0.25, 0.3) is 0 Å². The molecule has 96 valence electrons. The smallest absolute Gasteiger partial charge is 0.110 e. The maximum absolute atomic E-state index is 4.57. The summed E-state index contributed by atoms with van der Waals surface area (Å²) in [5, 5.41) is 4.84. The molecule has 0 spiro atoms. The fraction of sp³-hybridized carbons (Fsp3) is 0.769. The SMILES string of the molecule is CCc1cnc(C(C)N2CCNC(CC)C2)s1. The van der Waals surface area contributed by atoms with E-state index in [2.05, 4.69) is 36.0 Å². The van der Waals surface area contributed by atoms with E-state index in [-0.39, 0.29) is 0 Å². The Kier molecular flexibility index (Phi) is 4.54. The van der Waals surface area contributed by atoms with Crippen molar-refractivity contribution in [1.29, 1.82) is 0 Å². The summed E-state index contributed by atoms with van der Waals surface area (Å²) in [6.07, 6.45) is 4.35. The number of hydrogen-bond donors (Lipinski definition) is 1. The molecule has 1 aliphatic heterocycles. The Hall–Kier alpha value is -0.450. The Bertz CT molecular complexity index is 350. The first-order valence-electron chi connectivity index (χ1n) is 6.66. The van der Waals surface area contributed by atoms with Gasteiger partial charge in [-0.15, -0.1) is 11.3 Å². The molecule has 0 radical (unpaired) electrons. The van der Waals surface area contributed by atoms with Crippen molar-refractivity contribution in [1.82, 2.24) is 15.2 Å². The molecule has 1 saturated heterocycles. The van der Waals surface area contributed by atoms with Gasteiger partial charge in [-0.05, 0) is 19.8 Å². The van der Waals surface area contributed by atoms with E-state index in [1.54, 1.807) is 0 Å². The van der Waals surface area contributed by atoms with E-state index in [4.69, 9.17) is 0 Å². The Morgan fingerprint density at radius 2 is 2.41 bits per heavy atom. The second kappa shape index (κ2) is 5.94. The molecule has 0 bridgehead atoms. The van der Waals surface area contributed by atoms with E-state index in [1.165, 1.54) is 16.3 Å². The normalized spacial score (nSPS) is 23.8. The monoisotopic (exact) mass is 253 g/mol. The molecule has 4 heteroatoms. The van der Waals surface area contributed by atoms with E-state index in [0.717, 1.165) is 26.1 Å². The molecule has 2 heterocycles. The van der Waals surface area contributed by atoms with Crippen LogP contribution >= 0.6 is 11.3 Å². The third-order valence-electron chi connectivity index (χ3n) is 3.60. The van der Waals surface area contributed by atoms with Crippen LogP contribution in [0, 0.1) is 0 Å². The highest BCUT2D eigenvalue weighted by Gasteiger charge is 2.24. The average Bonchev–Trinajstić information content (AvgIpc) is 2.86. The van der Waals surface area contributed by atoms with Gasteiger partial charge in [-0.2, -0.15) is 0 Å². The molecule has 0 aromatic carbocycles. The van der Waals surface area contributed by atoms with Crippen molar-refractivity contribution in [2.75, 3.05) is 19.6 Å². The van der Waals surface area contributed by atoms with Crippen molar-refractivity contribution in [3.8, 4) is 0 Å². The number of piperazine rings is 1. The van der Waals surface area contributed by atoms with Crippen LogP contribution in [-0.2, 0) is 6.42 Å². The van der Waals surface area contributed by atoms with Gasteiger partial charge in [0, 0.05) is 36.8 Å². The van der Waals surface area contributed by atoms with E-state index in [9.17, 15) is 0 Å². The number of nitrogens with one attached hydrogen (secondary N) is 1. The van der Waals surface area contributed by atoms with Gasteiger partial charge in [-0.3, -0.25) is 4.90 Å². The molecule has 3 nitrogen and oxygen atoms in total. The van der Waals surface area contributed by atoms with Gasteiger partial charge >= 0.3 is 0 Å². The largest absolute Gasteiger partial charge is 0.311 e. The number of nitrogens with zero attached hydrogens (tertiary/aromatic N) is 2. The van der Waals surface area contributed by atoms with Crippen LogP contribution in [0.3, 0.4) is 0 Å². The fourth-order valence-corrected chi connectivity index (χ4v) is 3.26. The predicted octanol–water partition coefficient (Wildman–Crippen LogP) is 2.45. The Labute approximate surface area is 108 Å². The third-order valence-corrected chi connectivity index (χ3v) is 4.92. The number of thiazole rings is 1. The van der Waals surface area contributed by atoms with Gasteiger partial charge in [-0.1, -0.05) is 13.8 Å². The average molecular weight is 253 g/mol. The summed E-state index contributed by atoms with van der Waals surface area (Å²) in [4.78, 5) is 8.53. The second-order valence-corrected chi connectivity index (χ2v) is 5.90. The van der Waals surface area contributed by atoms with Crippen LogP contribution in [0.2, 0.25) is 0 Å². The van der Waals surface area contributed by atoms with Gasteiger partial charge in [0.15, 0.2) is 0 Å². The molecule has 17 heavy (non-hydrogen) atoms. The molecule has 0 aliphatic carbocycles. The van der Waals surface area contributed by atoms with Gasteiger partial charge in [0.1, 0.15) is 5.01 Å². The van der Waals surface area contributed by atoms with Crippen molar-refractivity contribution in [3.63, 3.8) is 0 Å². The summed E-state index contributed by atoms with van der Waals surface area (Å²) in [5.41, 5.74) is 0. The Morgan fingerprint density at radius 1 is 1.59 bits per heavy atom. The predicted molar refractivity (Wildman–Crippen MR) is 73.6 cm³/mol. The minimum absolute atomic E-state index is 0.469. The zero-order valence-corrected chi connectivity index (χ0v) is 11.9. The first-order valence-corrected chi connectivity index (χ1v) is 7.48. The van der Waals surface area contributed by atoms with Crippen molar-refractivity contribution < 1.29 is 0 Å². The van der Waals surface area contributed by atoms with Gasteiger partial charge in [0.2, 0.25) is 0 Å². The van der Waals surface area contributed by atoms with Crippen molar-refractivity contribution in [2.45, 2.75) is 45.7 Å². The maximum Gasteiger partial charge on any atom is 0.110 e. The lowest BCUT2D eigenvalue weighted by Crippen LogP contribution is -2.50. The molecule has 2 rings (SSSR count). The highest BCUT2D eigenvalue weighted by molar-refractivity contribution is 7.11. The first-order chi connectivity index (χ1) is 8.24. The summed E-state index contributed by atoms with van der Waals surface area (Å²) < 4.78 is 0. The third kappa shape index (κ3) is 3.06. The molecule has 1 aromatic rings. The van der Waals surface area contributed by atoms with Crippen LogP contribution < -0.4 is 5.32 Å². The zero-order chi connectivity index (χ0) is 12.3. The fourth-order valence-electron chi connectivity index (χ4n) is 2.31. The number of hydrogen-bond acceptors (Lipinski definition) is 4. The van der Waals surface area contributed by atoms with Crippen molar-refractivity contribution in [3.05, 3.63) is 16.1 Å². The van der Waals surface area contributed by atoms with Crippen LogP contribution in [0.1, 0.15) is 43.1 Å². The van der Waals surface area contributed by atoms with Crippen LogP contribution in [0.4, 0.5) is 0 Å². The molecular formula is C13H23N3S. The molecular weight excluding hydrogens is 230 g/mol.